The minimum Gasteiger partial charge on any atom is -0.351 e. The molecule has 2 rings (SSSR count). The normalized spacial score (nSPS) is 19.9. The summed E-state index contributed by atoms with van der Waals surface area (Å²) in [6.07, 6.45) is 3.29. The quantitative estimate of drug-likeness (QED) is 0.833. The van der Waals surface area contributed by atoms with Crippen molar-refractivity contribution in [2.24, 2.45) is 0 Å². The number of benzene rings is 1. The minimum absolute atomic E-state index is 0.00793. The van der Waals surface area contributed by atoms with Gasteiger partial charge in [0.15, 0.2) is 0 Å². The zero-order valence-corrected chi connectivity index (χ0v) is 10.3. The molecule has 1 saturated heterocycles. The minimum atomic E-state index is 0.00793. The van der Waals surface area contributed by atoms with Gasteiger partial charge in [0.05, 0.1) is 6.04 Å². The van der Waals surface area contributed by atoms with Gasteiger partial charge >= 0.3 is 0 Å². The molecule has 3 nitrogen and oxygen atoms in total. The number of carbonyl (C=O) groups is 1. The zero-order chi connectivity index (χ0) is 12.1. The number of carbonyl (C=O) groups excluding carboxylic acids is 1. The van der Waals surface area contributed by atoms with E-state index in [2.05, 4.69) is 29.7 Å². The summed E-state index contributed by atoms with van der Waals surface area (Å²) in [6.45, 7) is 3.65. The van der Waals surface area contributed by atoms with Gasteiger partial charge in [0, 0.05) is 6.54 Å². The van der Waals surface area contributed by atoms with Crippen LogP contribution in [0.15, 0.2) is 24.3 Å². The summed E-state index contributed by atoms with van der Waals surface area (Å²) in [6, 6.07) is 8.24. The van der Waals surface area contributed by atoms with Gasteiger partial charge in [-0.05, 0) is 31.9 Å². The predicted molar refractivity (Wildman–Crippen MR) is 68.7 cm³/mol. The Labute approximate surface area is 103 Å². The molecule has 1 aromatic carbocycles. The Hall–Kier alpha value is -1.35. The lowest BCUT2D eigenvalue weighted by Crippen LogP contribution is -2.46. The number of rotatable bonds is 3. The molecule has 1 aliphatic heterocycles. The van der Waals surface area contributed by atoms with Crippen LogP contribution in [0.1, 0.15) is 30.4 Å². The van der Waals surface area contributed by atoms with Crippen LogP contribution < -0.4 is 10.6 Å². The number of nitrogens with one attached hydrogen (secondary N) is 2. The molecule has 92 valence electrons. The van der Waals surface area contributed by atoms with E-state index in [1.165, 1.54) is 12.0 Å². The molecule has 0 radical (unpaired) electrons. The maximum absolute atomic E-state index is 11.9. The molecular formula is C14H20N2O. The molecule has 1 amide bonds. The summed E-state index contributed by atoms with van der Waals surface area (Å²) in [5.41, 5.74) is 2.39. The Balaban J connectivity index is 1.83. The summed E-state index contributed by atoms with van der Waals surface area (Å²) in [5.74, 6) is 0.131. The van der Waals surface area contributed by atoms with E-state index in [4.69, 9.17) is 0 Å². The molecule has 0 aliphatic carbocycles. The smallest absolute Gasteiger partial charge is 0.237 e. The van der Waals surface area contributed by atoms with Gasteiger partial charge in [-0.1, -0.05) is 36.2 Å². The molecule has 1 aliphatic rings. The molecule has 0 spiro atoms. The van der Waals surface area contributed by atoms with Crippen molar-refractivity contribution in [1.29, 1.82) is 0 Å². The predicted octanol–water partition coefficient (Wildman–Crippen LogP) is 1.75. The largest absolute Gasteiger partial charge is 0.351 e. The lowest BCUT2D eigenvalue weighted by molar-refractivity contribution is -0.123. The first-order valence-corrected chi connectivity index (χ1v) is 6.32. The van der Waals surface area contributed by atoms with Crippen LogP contribution in [0.4, 0.5) is 0 Å². The zero-order valence-electron chi connectivity index (χ0n) is 10.3. The molecule has 1 atom stereocenters. The second-order valence-corrected chi connectivity index (χ2v) is 4.71. The highest BCUT2D eigenvalue weighted by Gasteiger charge is 2.19. The van der Waals surface area contributed by atoms with E-state index in [0.717, 1.165) is 24.9 Å². The third kappa shape index (κ3) is 3.56. The van der Waals surface area contributed by atoms with Gasteiger partial charge in [0.2, 0.25) is 5.91 Å². The fourth-order valence-electron chi connectivity index (χ4n) is 2.21. The highest BCUT2D eigenvalue weighted by molar-refractivity contribution is 5.81. The van der Waals surface area contributed by atoms with Gasteiger partial charge in [-0.25, -0.2) is 0 Å². The van der Waals surface area contributed by atoms with Crippen molar-refractivity contribution in [2.45, 2.75) is 38.8 Å². The first-order valence-electron chi connectivity index (χ1n) is 6.32. The van der Waals surface area contributed by atoms with Crippen molar-refractivity contribution in [3.05, 3.63) is 35.4 Å². The van der Waals surface area contributed by atoms with Crippen LogP contribution in [0, 0.1) is 6.92 Å². The lowest BCUT2D eigenvalue weighted by atomic mass is 10.0. The third-order valence-corrected chi connectivity index (χ3v) is 3.18. The molecule has 1 heterocycles. The average Bonchev–Trinajstić information content (AvgIpc) is 2.37. The molecule has 1 aromatic rings. The molecule has 17 heavy (non-hydrogen) atoms. The highest BCUT2D eigenvalue weighted by atomic mass is 16.2. The SMILES string of the molecule is Cc1cccc(CNC(=O)C2CCCCN2)c1. The van der Waals surface area contributed by atoms with E-state index in [-0.39, 0.29) is 11.9 Å². The van der Waals surface area contributed by atoms with E-state index in [9.17, 15) is 4.79 Å². The standard InChI is InChI=1S/C14H20N2O/c1-11-5-4-6-12(9-11)10-16-14(17)13-7-2-3-8-15-13/h4-6,9,13,15H,2-3,7-8,10H2,1H3,(H,16,17). The molecule has 0 bridgehead atoms. The second kappa shape index (κ2) is 5.82. The Morgan fingerprint density at radius 3 is 3.06 bits per heavy atom. The number of amides is 1. The van der Waals surface area contributed by atoms with Gasteiger partial charge in [-0.15, -0.1) is 0 Å². The van der Waals surface area contributed by atoms with E-state index >= 15 is 0 Å². The van der Waals surface area contributed by atoms with Crippen LogP contribution in [0.5, 0.6) is 0 Å². The maximum Gasteiger partial charge on any atom is 0.237 e. The summed E-state index contributed by atoms with van der Waals surface area (Å²) < 4.78 is 0. The Morgan fingerprint density at radius 2 is 2.35 bits per heavy atom. The number of piperidine rings is 1. The van der Waals surface area contributed by atoms with Crippen molar-refractivity contribution in [2.75, 3.05) is 6.54 Å². The van der Waals surface area contributed by atoms with Crippen LogP contribution in [0.3, 0.4) is 0 Å². The van der Waals surface area contributed by atoms with E-state index in [1.807, 2.05) is 12.1 Å². The van der Waals surface area contributed by atoms with Gasteiger partial charge in [0.1, 0.15) is 0 Å². The van der Waals surface area contributed by atoms with Crippen molar-refractivity contribution in [1.82, 2.24) is 10.6 Å². The Kier molecular flexibility index (Phi) is 4.15. The van der Waals surface area contributed by atoms with Gasteiger partial charge < -0.3 is 10.6 Å². The van der Waals surface area contributed by atoms with Crippen molar-refractivity contribution >= 4 is 5.91 Å². The topological polar surface area (TPSA) is 41.1 Å². The molecule has 1 unspecified atom stereocenters. The van der Waals surface area contributed by atoms with Crippen molar-refractivity contribution in [3.8, 4) is 0 Å². The number of aryl methyl sites for hydroxylation is 1. The first kappa shape index (κ1) is 12.1. The van der Waals surface area contributed by atoms with Crippen LogP contribution in [-0.2, 0) is 11.3 Å². The van der Waals surface area contributed by atoms with Crippen molar-refractivity contribution in [3.63, 3.8) is 0 Å². The van der Waals surface area contributed by atoms with Crippen LogP contribution in [0.25, 0.3) is 0 Å². The monoisotopic (exact) mass is 232 g/mol. The Bertz CT molecular complexity index is 384. The lowest BCUT2D eigenvalue weighted by Gasteiger charge is -2.22. The van der Waals surface area contributed by atoms with Gasteiger partial charge in [-0.3, -0.25) is 4.79 Å². The molecule has 0 saturated carbocycles. The number of hydrogen-bond acceptors (Lipinski definition) is 2. The molecule has 0 aromatic heterocycles. The molecule has 3 heteroatoms. The van der Waals surface area contributed by atoms with Gasteiger partial charge in [0.25, 0.3) is 0 Å². The molecule has 1 fully saturated rings. The van der Waals surface area contributed by atoms with Crippen LogP contribution in [0.2, 0.25) is 0 Å². The summed E-state index contributed by atoms with van der Waals surface area (Å²) in [4.78, 5) is 11.9. The third-order valence-electron chi connectivity index (χ3n) is 3.18. The maximum atomic E-state index is 11.9. The highest BCUT2D eigenvalue weighted by Crippen LogP contribution is 2.08. The van der Waals surface area contributed by atoms with Crippen molar-refractivity contribution < 1.29 is 4.79 Å². The van der Waals surface area contributed by atoms with Crippen LogP contribution >= 0.6 is 0 Å². The fraction of sp³-hybridized carbons (Fsp3) is 0.500. The average molecular weight is 232 g/mol. The van der Waals surface area contributed by atoms with E-state index in [1.54, 1.807) is 0 Å². The summed E-state index contributed by atoms with van der Waals surface area (Å²) in [5, 5.41) is 6.25. The molecular weight excluding hydrogens is 212 g/mol. The number of hydrogen-bond donors (Lipinski definition) is 2. The Morgan fingerprint density at radius 1 is 1.47 bits per heavy atom. The molecule has 2 N–H and O–H groups in total. The summed E-state index contributed by atoms with van der Waals surface area (Å²) >= 11 is 0. The fourth-order valence-corrected chi connectivity index (χ4v) is 2.21. The van der Waals surface area contributed by atoms with Crippen LogP contribution in [-0.4, -0.2) is 18.5 Å². The van der Waals surface area contributed by atoms with Gasteiger partial charge in [-0.2, -0.15) is 0 Å². The van der Waals surface area contributed by atoms with E-state index in [0.29, 0.717) is 6.54 Å². The second-order valence-electron chi connectivity index (χ2n) is 4.71. The first-order chi connectivity index (χ1) is 8.25. The summed E-state index contributed by atoms with van der Waals surface area (Å²) in [7, 11) is 0. The van der Waals surface area contributed by atoms with E-state index < -0.39 is 0 Å².